The molecule has 0 unspecified atom stereocenters. The molecule has 1 N–H and O–H groups in total. The topological polar surface area (TPSA) is 101 Å². The van der Waals surface area contributed by atoms with Gasteiger partial charge in [0.15, 0.2) is 12.1 Å². The lowest BCUT2D eigenvalue weighted by Crippen LogP contribution is -2.59. The number of ketones is 1. The van der Waals surface area contributed by atoms with E-state index in [1.807, 2.05) is 51.0 Å². The van der Waals surface area contributed by atoms with Gasteiger partial charge in [0, 0.05) is 38.7 Å². The van der Waals surface area contributed by atoms with Crippen molar-refractivity contribution < 1.29 is 33.6 Å². The van der Waals surface area contributed by atoms with Crippen molar-refractivity contribution >= 4 is 11.8 Å². The average molecular weight is 724 g/mol. The van der Waals surface area contributed by atoms with E-state index in [4.69, 9.17) is 18.9 Å². The molecular weight excluding hydrogens is 658 g/mol. The van der Waals surface area contributed by atoms with E-state index >= 15 is 0 Å². The van der Waals surface area contributed by atoms with Gasteiger partial charge in [-0.05, 0) is 110 Å². The molecule has 2 fully saturated rings. The minimum atomic E-state index is -1.45. The van der Waals surface area contributed by atoms with Gasteiger partial charge in [-0.2, -0.15) is 0 Å². The highest BCUT2D eigenvalue weighted by molar-refractivity contribution is 6.04. The third kappa shape index (κ3) is 10.7. The summed E-state index contributed by atoms with van der Waals surface area (Å²) in [5.74, 6) is -1.48. The first-order chi connectivity index (χ1) is 24.5. The molecule has 0 spiro atoms. The van der Waals surface area contributed by atoms with Crippen LogP contribution in [0, 0.1) is 17.3 Å². The molecule has 0 radical (unpaired) electrons. The highest BCUT2D eigenvalue weighted by Gasteiger charge is 2.51. The van der Waals surface area contributed by atoms with Crippen molar-refractivity contribution in [2.24, 2.45) is 17.3 Å². The molecule has 10 nitrogen and oxygen atoms in total. The standard InChI is InChI=1S/C42H65N3O7/c1-29-26-42(6,49-10)38(52-39-36(46)35(43(7)8)24-30(2)51-39)31(3)37(47)41(4,5)40(48)50-23-22-45(21-15-20-44(9)27-29)28-32-16-14-19-34(25-32)33-17-12-11-13-18-33/h11-14,16-19,25,29-31,35-36,38-39,46H,15,20-24,26-28H2,1-10H3/t29-,30-,31+,35+,36-,38-,39+,42-/m1/s1. The quantitative estimate of drug-likeness (QED) is 0.291. The number of benzene rings is 2. The van der Waals surface area contributed by atoms with Crippen molar-refractivity contribution in [1.82, 2.24) is 14.7 Å². The summed E-state index contributed by atoms with van der Waals surface area (Å²) >= 11 is 0. The third-order valence-electron chi connectivity index (χ3n) is 11.1. The maximum absolute atomic E-state index is 14.4. The summed E-state index contributed by atoms with van der Waals surface area (Å²) in [6.45, 7) is 15.1. The van der Waals surface area contributed by atoms with Gasteiger partial charge >= 0.3 is 5.97 Å². The first-order valence-electron chi connectivity index (χ1n) is 19.0. The molecule has 0 bridgehead atoms. The molecule has 0 aliphatic carbocycles. The van der Waals surface area contributed by atoms with Crippen LogP contribution in [-0.2, 0) is 35.1 Å². The predicted molar refractivity (Wildman–Crippen MR) is 205 cm³/mol. The Hall–Kier alpha value is -2.70. The highest BCUT2D eigenvalue weighted by atomic mass is 16.7. The largest absolute Gasteiger partial charge is 0.464 e. The number of carbonyl (C=O) groups is 2. The van der Waals surface area contributed by atoms with E-state index in [1.54, 1.807) is 27.9 Å². The lowest BCUT2D eigenvalue weighted by atomic mass is 9.74. The van der Waals surface area contributed by atoms with Crippen LogP contribution >= 0.6 is 0 Å². The molecule has 2 saturated heterocycles. The molecule has 2 aromatic rings. The summed E-state index contributed by atoms with van der Waals surface area (Å²) in [5, 5.41) is 11.4. The van der Waals surface area contributed by atoms with E-state index in [-0.39, 0.29) is 30.5 Å². The molecule has 2 heterocycles. The summed E-state index contributed by atoms with van der Waals surface area (Å²) in [5.41, 5.74) is 1.14. The Kier molecular flexibility index (Phi) is 15.0. The first kappa shape index (κ1) is 42.0. The number of cyclic esters (lactones) is 1. The maximum atomic E-state index is 14.4. The fourth-order valence-electron chi connectivity index (χ4n) is 8.11. The van der Waals surface area contributed by atoms with E-state index in [0.29, 0.717) is 25.9 Å². The number of esters is 1. The number of nitrogens with zero attached hydrogens (tertiary/aromatic N) is 3. The Morgan fingerprint density at radius 3 is 2.33 bits per heavy atom. The molecule has 52 heavy (non-hydrogen) atoms. The van der Waals surface area contributed by atoms with Crippen molar-refractivity contribution in [3.8, 4) is 11.1 Å². The highest BCUT2D eigenvalue weighted by Crippen LogP contribution is 2.38. The van der Waals surface area contributed by atoms with E-state index in [1.165, 1.54) is 16.7 Å². The summed E-state index contributed by atoms with van der Waals surface area (Å²) in [6, 6.07) is 18.8. The Labute approximate surface area is 312 Å². The van der Waals surface area contributed by atoms with Gasteiger partial charge in [0.1, 0.15) is 18.1 Å². The molecule has 10 heteroatoms. The predicted octanol–water partition coefficient (Wildman–Crippen LogP) is 5.51. The number of hydrogen-bond acceptors (Lipinski definition) is 10. The molecule has 0 amide bonds. The van der Waals surface area contributed by atoms with E-state index in [2.05, 4.69) is 60.2 Å². The average Bonchev–Trinajstić information content (AvgIpc) is 3.10. The van der Waals surface area contributed by atoms with Crippen molar-refractivity contribution in [2.45, 2.75) is 104 Å². The molecule has 2 aliphatic rings. The Morgan fingerprint density at radius 2 is 1.65 bits per heavy atom. The summed E-state index contributed by atoms with van der Waals surface area (Å²) in [7, 11) is 7.64. The summed E-state index contributed by atoms with van der Waals surface area (Å²) < 4.78 is 25.0. The van der Waals surface area contributed by atoms with Crippen LogP contribution in [-0.4, -0.2) is 129 Å². The lowest BCUT2D eigenvalue weighted by Gasteiger charge is -2.47. The molecule has 2 aliphatic heterocycles. The molecule has 290 valence electrons. The number of methoxy groups -OCH3 is 1. The van der Waals surface area contributed by atoms with E-state index < -0.39 is 41.4 Å². The lowest BCUT2D eigenvalue weighted by molar-refractivity contribution is -0.295. The van der Waals surface area contributed by atoms with Crippen LogP contribution in [0.25, 0.3) is 11.1 Å². The van der Waals surface area contributed by atoms with Crippen molar-refractivity contribution in [3.63, 3.8) is 0 Å². The van der Waals surface area contributed by atoms with E-state index in [9.17, 15) is 14.7 Å². The van der Waals surface area contributed by atoms with Gasteiger partial charge < -0.3 is 33.9 Å². The normalized spacial score (nSPS) is 32.3. The van der Waals surface area contributed by atoms with Gasteiger partial charge in [0.2, 0.25) is 0 Å². The Balaban J connectivity index is 1.59. The molecule has 4 rings (SSSR count). The summed E-state index contributed by atoms with van der Waals surface area (Å²) in [6.07, 6.45) is -0.741. The molecule has 0 aromatic heterocycles. The van der Waals surface area contributed by atoms with Crippen LogP contribution in [0.3, 0.4) is 0 Å². The third-order valence-corrected chi connectivity index (χ3v) is 11.1. The number of hydrogen-bond donors (Lipinski definition) is 1. The Morgan fingerprint density at radius 1 is 0.962 bits per heavy atom. The number of aliphatic hydroxyl groups is 1. The number of ether oxygens (including phenoxy) is 4. The van der Waals surface area contributed by atoms with Crippen LogP contribution in [0.2, 0.25) is 0 Å². The van der Waals surface area contributed by atoms with Gasteiger partial charge in [0.05, 0.1) is 17.8 Å². The van der Waals surface area contributed by atoms with Crippen LogP contribution < -0.4 is 0 Å². The smallest absolute Gasteiger partial charge is 0.319 e. The van der Waals surface area contributed by atoms with Crippen molar-refractivity contribution in [1.29, 1.82) is 0 Å². The van der Waals surface area contributed by atoms with Gasteiger partial charge in [-0.1, -0.05) is 62.4 Å². The number of rotatable bonds is 7. The number of carbonyl (C=O) groups excluding carboxylic acids is 2. The molecular formula is C42H65N3O7. The number of Topliss-reactive ketones (excluding diaryl/α,β-unsaturated/α-hetero) is 1. The monoisotopic (exact) mass is 723 g/mol. The zero-order chi connectivity index (χ0) is 38.2. The second-order valence-electron chi connectivity index (χ2n) is 16.3. The molecule has 8 atom stereocenters. The number of aliphatic hydroxyl groups excluding tert-OH is 1. The van der Waals surface area contributed by atoms with Gasteiger partial charge in [-0.3, -0.25) is 14.5 Å². The number of likely N-dealkylation sites (N-methyl/N-ethyl adjacent to an activating group) is 1. The summed E-state index contributed by atoms with van der Waals surface area (Å²) in [4.78, 5) is 34.8. The molecule has 2 aromatic carbocycles. The van der Waals surface area contributed by atoms with Gasteiger partial charge in [-0.15, -0.1) is 0 Å². The fourth-order valence-corrected chi connectivity index (χ4v) is 8.11. The SMILES string of the molecule is CO[C@]1(C)C[C@@H](C)CN(C)CCCN(Cc2cccc(-c3ccccc3)c2)CCOC(=O)C(C)(C)C(=O)[C@H](C)[C@H]1O[C@@H]1O[C@H](C)C[C@H](N(C)C)[C@H]1O. The zero-order valence-electron chi connectivity index (χ0n) is 33.3. The fraction of sp³-hybridized carbons (Fsp3) is 0.667. The first-order valence-corrected chi connectivity index (χ1v) is 19.0. The van der Waals surface area contributed by atoms with Crippen molar-refractivity contribution in [3.05, 3.63) is 60.2 Å². The minimum Gasteiger partial charge on any atom is -0.464 e. The van der Waals surface area contributed by atoms with Crippen LogP contribution in [0.1, 0.15) is 66.4 Å². The Bertz CT molecular complexity index is 1440. The van der Waals surface area contributed by atoms with Crippen molar-refractivity contribution in [2.75, 3.05) is 61.0 Å². The van der Waals surface area contributed by atoms with Gasteiger partial charge in [0.25, 0.3) is 0 Å². The second-order valence-corrected chi connectivity index (χ2v) is 16.3. The van der Waals surface area contributed by atoms with E-state index in [0.717, 1.165) is 26.1 Å². The van der Waals surface area contributed by atoms with Crippen LogP contribution in [0.5, 0.6) is 0 Å². The van der Waals surface area contributed by atoms with Gasteiger partial charge in [-0.25, -0.2) is 0 Å². The maximum Gasteiger partial charge on any atom is 0.319 e. The van der Waals surface area contributed by atoms with Crippen LogP contribution in [0.15, 0.2) is 54.6 Å². The minimum absolute atomic E-state index is 0.163. The molecule has 0 saturated carbocycles. The van der Waals surface area contributed by atoms with Crippen LogP contribution in [0.4, 0.5) is 0 Å². The second kappa shape index (κ2) is 18.6. The zero-order valence-corrected chi connectivity index (χ0v) is 33.3.